The number of carbonyl (C=O) groups is 1. The summed E-state index contributed by atoms with van der Waals surface area (Å²) in [6.45, 7) is 0.194. The van der Waals surface area contributed by atoms with Crippen LogP contribution in [0.5, 0.6) is 0 Å². The summed E-state index contributed by atoms with van der Waals surface area (Å²) in [7, 11) is -4.36. The Bertz CT molecular complexity index is 1270. The van der Waals surface area contributed by atoms with Gasteiger partial charge < -0.3 is 10.6 Å². The Kier molecular flexibility index (Phi) is 6.31. The predicted octanol–water partition coefficient (Wildman–Crippen LogP) is 4.12. The Balaban J connectivity index is 1.39. The van der Waals surface area contributed by atoms with Gasteiger partial charge in [0, 0.05) is 25.7 Å². The van der Waals surface area contributed by atoms with Gasteiger partial charge in [0.2, 0.25) is 10.0 Å². The van der Waals surface area contributed by atoms with Crippen molar-refractivity contribution in [1.82, 2.24) is 14.9 Å². The van der Waals surface area contributed by atoms with E-state index in [4.69, 9.17) is 0 Å². The van der Waals surface area contributed by atoms with Gasteiger partial charge in [0.15, 0.2) is 0 Å². The summed E-state index contributed by atoms with van der Waals surface area (Å²) in [5, 5.41) is 7.55. The van der Waals surface area contributed by atoms with Crippen molar-refractivity contribution in [1.29, 1.82) is 0 Å². The van der Waals surface area contributed by atoms with Gasteiger partial charge in [-0.15, -0.1) is 0 Å². The van der Waals surface area contributed by atoms with E-state index in [0.29, 0.717) is 6.42 Å². The Morgan fingerprint density at radius 3 is 2.48 bits per heavy atom. The lowest BCUT2D eigenvalue weighted by Gasteiger charge is -2.20. The molecule has 6 nitrogen and oxygen atoms in total. The maximum atomic E-state index is 13.3. The first-order valence-electron chi connectivity index (χ1n) is 10.3. The van der Waals surface area contributed by atoms with E-state index in [1.54, 1.807) is 0 Å². The van der Waals surface area contributed by atoms with Gasteiger partial charge in [-0.2, -0.15) is 17.5 Å². The van der Waals surface area contributed by atoms with Crippen LogP contribution in [0.15, 0.2) is 71.6 Å². The van der Waals surface area contributed by atoms with Gasteiger partial charge in [-0.1, -0.05) is 54.6 Å². The Morgan fingerprint density at radius 1 is 1.00 bits per heavy atom. The van der Waals surface area contributed by atoms with E-state index in [2.05, 4.69) is 10.6 Å². The van der Waals surface area contributed by atoms with Crippen molar-refractivity contribution in [3.8, 4) is 0 Å². The number of amides is 2. The molecule has 0 saturated carbocycles. The average molecular weight is 478 g/mol. The number of alkyl halides is 3. The van der Waals surface area contributed by atoms with Crippen LogP contribution in [-0.2, 0) is 22.7 Å². The highest BCUT2D eigenvalue weighted by Gasteiger charge is 2.40. The monoisotopic (exact) mass is 477 g/mol. The maximum absolute atomic E-state index is 13.3. The summed E-state index contributed by atoms with van der Waals surface area (Å²) in [5.41, 5.74) is -0.267. The molecule has 33 heavy (non-hydrogen) atoms. The fourth-order valence-electron chi connectivity index (χ4n) is 3.99. The molecule has 0 aromatic heterocycles. The molecule has 1 saturated heterocycles. The van der Waals surface area contributed by atoms with Crippen LogP contribution in [0.4, 0.5) is 18.0 Å². The second-order valence-electron chi connectivity index (χ2n) is 7.81. The SMILES string of the molecule is O=C(NCc1cccc2ccccc12)NC1CCN(S(=O)(=O)c2ccccc2C(F)(F)F)C1. The minimum absolute atomic E-state index is 0.0167. The minimum Gasteiger partial charge on any atom is -0.334 e. The molecule has 3 aromatic rings. The average Bonchev–Trinajstić information content (AvgIpc) is 3.26. The standard InChI is InChI=1S/C23H22F3N3O3S/c24-23(25,26)20-10-3-4-11-21(20)33(31,32)29-13-12-18(15-29)28-22(30)27-14-17-8-5-7-16-6-1-2-9-19(16)17/h1-11,18H,12-15H2,(H2,27,28,30). The maximum Gasteiger partial charge on any atom is 0.417 e. The first-order valence-corrected chi connectivity index (χ1v) is 11.8. The number of urea groups is 1. The molecule has 2 N–H and O–H groups in total. The smallest absolute Gasteiger partial charge is 0.334 e. The van der Waals surface area contributed by atoms with Gasteiger partial charge in [0.05, 0.1) is 10.5 Å². The zero-order valence-corrected chi connectivity index (χ0v) is 18.3. The van der Waals surface area contributed by atoms with Crippen LogP contribution in [0, 0.1) is 0 Å². The van der Waals surface area contributed by atoms with E-state index in [9.17, 15) is 26.4 Å². The van der Waals surface area contributed by atoms with Crippen LogP contribution in [0.25, 0.3) is 10.8 Å². The number of fused-ring (bicyclic) bond motifs is 1. The van der Waals surface area contributed by atoms with E-state index in [1.807, 2.05) is 42.5 Å². The van der Waals surface area contributed by atoms with Crippen molar-refractivity contribution in [2.45, 2.75) is 30.1 Å². The van der Waals surface area contributed by atoms with Crippen LogP contribution in [0.2, 0.25) is 0 Å². The zero-order chi connectivity index (χ0) is 23.6. The third-order valence-electron chi connectivity index (χ3n) is 5.62. The summed E-state index contributed by atoms with van der Waals surface area (Å²) in [4.78, 5) is 11.6. The van der Waals surface area contributed by atoms with Crippen LogP contribution in [0.3, 0.4) is 0 Å². The molecule has 0 spiro atoms. The van der Waals surface area contributed by atoms with Crippen molar-refractivity contribution >= 4 is 26.8 Å². The van der Waals surface area contributed by atoms with Gasteiger partial charge in [-0.3, -0.25) is 0 Å². The first-order chi connectivity index (χ1) is 15.7. The second-order valence-corrected chi connectivity index (χ2v) is 9.71. The van der Waals surface area contributed by atoms with Gasteiger partial charge in [-0.25, -0.2) is 13.2 Å². The van der Waals surface area contributed by atoms with Crippen LogP contribution >= 0.6 is 0 Å². The molecule has 174 valence electrons. The first kappa shape index (κ1) is 23.1. The minimum atomic E-state index is -4.79. The third-order valence-corrected chi connectivity index (χ3v) is 7.54. The van der Waals surface area contributed by atoms with Crippen molar-refractivity contribution in [3.05, 3.63) is 77.9 Å². The quantitative estimate of drug-likeness (QED) is 0.580. The highest BCUT2D eigenvalue weighted by atomic mass is 32.2. The predicted molar refractivity (Wildman–Crippen MR) is 118 cm³/mol. The number of hydrogen-bond acceptors (Lipinski definition) is 3. The number of hydrogen-bond donors (Lipinski definition) is 2. The van der Waals surface area contributed by atoms with Gasteiger partial charge >= 0.3 is 12.2 Å². The summed E-state index contributed by atoms with van der Waals surface area (Å²) in [6, 6.07) is 16.7. The summed E-state index contributed by atoms with van der Waals surface area (Å²) >= 11 is 0. The largest absolute Gasteiger partial charge is 0.417 e. The Hall–Kier alpha value is -3.11. The van der Waals surface area contributed by atoms with Crippen molar-refractivity contribution in [2.24, 2.45) is 0 Å². The molecular weight excluding hydrogens is 455 g/mol. The molecule has 1 heterocycles. The molecule has 1 aliphatic rings. The van der Waals surface area contributed by atoms with Crippen molar-refractivity contribution in [2.75, 3.05) is 13.1 Å². The van der Waals surface area contributed by atoms with Crippen LogP contribution in [-0.4, -0.2) is 37.9 Å². The molecule has 2 amide bonds. The highest BCUT2D eigenvalue weighted by molar-refractivity contribution is 7.89. The summed E-state index contributed by atoms with van der Waals surface area (Å²) in [6.07, 6.45) is -4.49. The summed E-state index contributed by atoms with van der Waals surface area (Å²) in [5.74, 6) is 0. The molecule has 0 aliphatic carbocycles. The van der Waals surface area contributed by atoms with Crippen molar-refractivity contribution in [3.63, 3.8) is 0 Å². The molecule has 0 radical (unpaired) electrons. The topological polar surface area (TPSA) is 78.5 Å². The molecule has 4 rings (SSSR count). The second kappa shape index (κ2) is 9.03. The van der Waals surface area contributed by atoms with Gasteiger partial charge in [0.25, 0.3) is 0 Å². The number of nitrogens with one attached hydrogen (secondary N) is 2. The fourth-order valence-corrected chi connectivity index (χ4v) is 5.70. The lowest BCUT2D eigenvalue weighted by atomic mass is 10.0. The Morgan fingerprint density at radius 2 is 1.70 bits per heavy atom. The fraction of sp³-hybridized carbons (Fsp3) is 0.261. The number of benzene rings is 3. The normalized spacial score (nSPS) is 17.2. The van der Waals surface area contributed by atoms with Crippen LogP contribution in [0.1, 0.15) is 17.5 Å². The molecule has 1 fully saturated rings. The molecular formula is C23H22F3N3O3S. The van der Waals surface area contributed by atoms with Gasteiger partial charge in [0.1, 0.15) is 0 Å². The lowest BCUT2D eigenvalue weighted by Crippen LogP contribution is -2.43. The number of nitrogens with zero attached hydrogens (tertiary/aromatic N) is 1. The molecule has 1 aliphatic heterocycles. The molecule has 1 atom stereocenters. The van der Waals surface area contributed by atoms with Gasteiger partial charge in [-0.05, 0) is 34.9 Å². The van der Waals surface area contributed by atoms with E-state index >= 15 is 0 Å². The van der Waals surface area contributed by atoms with E-state index in [1.165, 1.54) is 6.07 Å². The number of halogens is 3. The van der Waals surface area contributed by atoms with E-state index < -0.39 is 38.7 Å². The van der Waals surface area contributed by atoms with E-state index in [0.717, 1.165) is 38.8 Å². The summed E-state index contributed by atoms with van der Waals surface area (Å²) < 4.78 is 66.6. The third kappa shape index (κ3) is 4.96. The molecule has 0 bridgehead atoms. The number of carbonyl (C=O) groups excluding carboxylic acids is 1. The van der Waals surface area contributed by atoms with E-state index in [-0.39, 0.29) is 19.6 Å². The van der Waals surface area contributed by atoms with Crippen LogP contribution < -0.4 is 10.6 Å². The zero-order valence-electron chi connectivity index (χ0n) is 17.5. The molecule has 10 heteroatoms. The highest BCUT2D eigenvalue weighted by Crippen LogP contribution is 2.35. The Labute approximate surface area is 189 Å². The van der Waals surface area contributed by atoms with Crippen molar-refractivity contribution < 1.29 is 26.4 Å². The number of rotatable bonds is 5. The number of sulfonamides is 1. The molecule has 3 aromatic carbocycles. The lowest BCUT2D eigenvalue weighted by molar-refractivity contribution is -0.139. The molecule has 1 unspecified atom stereocenters.